The van der Waals surface area contributed by atoms with Crippen LogP contribution in [0.4, 0.5) is 0 Å². The van der Waals surface area contributed by atoms with Crippen molar-refractivity contribution >= 4 is 0 Å². The number of piperazine rings is 1. The van der Waals surface area contributed by atoms with Crippen molar-refractivity contribution in [1.82, 2.24) is 9.80 Å². The van der Waals surface area contributed by atoms with Crippen LogP contribution in [0.2, 0.25) is 0 Å². The van der Waals surface area contributed by atoms with Crippen LogP contribution >= 0.6 is 0 Å². The smallest absolute Gasteiger partial charge is 0.0195 e. The maximum absolute atomic E-state index is 6.00. The second kappa shape index (κ2) is 5.99. The van der Waals surface area contributed by atoms with Gasteiger partial charge in [-0.3, -0.25) is 4.90 Å². The fourth-order valence-corrected chi connectivity index (χ4v) is 2.50. The summed E-state index contributed by atoms with van der Waals surface area (Å²) in [7, 11) is 0. The molecule has 0 aromatic heterocycles. The lowest BCUT2D eigenvalue weighted by atomic mass is 10.00. The first-order chi connectivity index (χ1) is 7.42. The van der Waals surface area contributed by atoms with E-state index in [9.17, 15) is 0 Å². The summed E-state index contributed by atoms with van der Waals surface area (Å²) in [5, 5.41) is 0. The molecule has 0 radical (unpaired) electrons. The standard InChI is InChI=1S/C13H29N3/c1-5-16-10-9-15(11-12(16)2)8-6-7-13(3,4)14/h12H,5-11,14H2,1-4H3. The molecule has 1 unspecified atom stereocenters. The predicted molar refractivity (Wildman–Crippen MR) is 70.6 cm³/mol. The molecule has 1 heterocycles. The topological polar surface area (TPSA) is 32.5 Å². The van der Waals surface area contributed by atoms with Crippen molar-refractivity contribution in [2.24, 2.45) is 5.73 Å². The highest BCUT2D eigenvalue weighted by atomic mass is 15.3. The van der Waals surface area contributed by atoms with Crippen LogP contribution in [0.25, 0.3) is 0 Å². The van der Waals surface area contributed by atoms with Crippen molar-refractivity contribution < 1.29 is 0 Å². The molecule has 0 aliphatic carbocycles. The van der Waals surface area contributed by atoms with Gasteiger partial charge >= 0.3 is 0 Å². The minimum Gasteiger partial charge on any atom is -0.326 e. The minimum atomic E-state index is -0.00312. The zero-order valence-electron chi connectivity index (χ0n) is 11.5. The van der Waals surface area contributed by atoms with E-state index in [1.54, 1.807) is 0 Å². The second-order valence-electron chi connectivity index (χ2n) is 5.87. The van der Waals surface area contributed by atoms with E-state index < -0.39 is 0 Å². The molecule has 1 fully saturated rings. The highest BCUT2D eigenvalue weighted by molar-refractivity contribution is 4.79. The molecule has 0 saturated carbocycles. The lowest BCUT2D eigenvalue weighted by Gasteiger charge is -2.39. The van der Waals surface area contributed by atoms with E-state index in [0.717, 1.165) is 6.42 Å². The molecule has 1 aliphatic rings. The van der Waals surface area contributed by atoms with Crippen LogP contribution in [0.3, 0.4) is 0 Å². The monoisotopic (exact) mass is 227 g/mol. The van der Waals surface area contributed by atoms with E-state index in [-0.39, 0.29) is 5.54 Å². The predicted octanol–water partition coefficient (Wildman–Crippen LogP) is 1.53. The summed E-state index contributed by atoms with van der Waals surface area (Å²) in [6.45, 7) is 14.9. The van der Waals surface area contributed by atoms with Crippen molar-refractivity contribution in [3.05, 3.63) is 0 Å². The van der Waals surface area contributed by atoms with Crippen LogP contribution in [-0.4, -0.2) is 54.1 Å². The second-order valence-corrected chi connectivity index (χ2v) is 5.87. The Morgan fingerprint density at radius 3 is 2.50 bits per heavy atom. The Morgan fingerprint density at radius 2 is 2.00 bits per heavy atom. The maximum atomic E-state index is 6.00. The van der Waals surface area contributed by atoms with Crippen LogP contribution in [0, 0.1) is 0 Å². The first-order valence-corrected chi connectivity index (χ1v) is 6.67. The summed E-state index contributed by atoms with van der Waals surface area (Å²) in [4.78, 5) is 5.14. The third kappa shape index (κ3) is 4.81. The fourth-order valence-electron chi connectivity index (χ4n) is 2.50. The Hall–Kier alpha value is -0.120. The van der Waals surface area contributed by atoms with Gasteiger partial charge in [-0.25, -0.2) is 0 Å². The van der Waals surface area contributed by atoms with Crippen LogP contribution in [0.1, 0.15) is 40.5 Å². The zero-order chi connectivity index (χ0) is 12.2. The Labute approximate surface area is 101 Å². The van der Waals surface area contributed by atoms with Crippen LogP contribution < -0.4 is 5.73 Å². The maximum Gasteiger partial charge on any atom is 0.0195 e. The molecule has 3 heteroatoms. The molecule has 1 atom stereocenters. The summed E-state index contributed by atoms with van der Waals surface area (Å²) in [5.74, 6) is 0. The van der Waals surface area contributed by atoms with Crippen molar-refractivity contribution in [1.29, 1.82) is 0 Å². The van der Waals surface area contributed by atoms with Gasteiger partial charge in [-0.15, -0.1) is 0 Å². The number of nitrogens with two attached hydrogens (primary N) is 1. The number of hydrogen-bond donors (Lipinski definition) is 1. The lowest BCUT2D eigenvalue weighted by molar-refractivity contribution is 0.0860. The average molecular weight is 227 g/mol. The van der Waals surface area contributed by atoms with Crippen molar-refractivity contribution in [3.8, 4) is 0 Å². The molecule has 3 nitrogen and oxygen atoms in total. The largest absolute Gasteiger partial charge is 0.326 e. The molecule has 1 rings (SSSR count). The van der Waals surface area contributed by atoms with Gasteiger partial charge in [-0.05, 0) is 46.7 Å². The molecular weight excluding hydrogens is 198 g/mol. The number of likely N-dealkylation sites (N-methyl/N-ethyl adjacent to an activating group) is 1. The summed E-state index contributed by atoms with van der Waals surface area (Å²) in [6.07, 6.45) is 2.34. The van der Waals surface area contributed by atoms with Crippen LogP contribution in [-0.2, 0) is 0 Å². The highest BCUT2D eigenvalue weighted by Gasteiger charge is 2.22. The average Bonchev–Trinajstić information content (AvgIpc) is 2.16. The van der Waals surface area contributed by atoms with Crippen LogP contribution in [0.15, 0.2) is 0 Å². The van der Waals surface area contributed by atoms with Gasteiger partial charge in [0.1, 0.15) is 0 Å². The summed E-state index contributed by atoms with van der Waals surface area (Å²) in [5.41, 5.74) is 5.99. The van der Waals surface area contributed by atoms with E-state index in [2.05, 4.69) is 37.5 Å². The first kappa shape index (κ1) is 13.9. The number of nitrogens with zero attached hydrogens (tertiary/aromatic N) is 2. The van der Waals surface area contributed by atoms with Gasteiger partial charge in [0.25, 0.3) is 0 Å². The van der Waals surface area contributed by atoms with E-state index in [1.807, 2.05) is 0 Å². The molecule has 0 bridgehead atoms. The van der Waals surface area contributed by atoms with Crippen molar-refractivity contribution in [2.45, 2.75) is 52.1 Å². The van der Waals surface area contributed by atoms with Gasteiger partial charge < -0.3 is 10.6 Å². The molecule has 0 aromatic carbocycles. The van der Waals surface area contributed by atoms with Crippen LogP contribution in [0.5, 0.6) is 0 Å². The molecule has 96 valence electrons. The van der Waals surface area contributed by atoms with E-state index in [4.69, 9.17) is 5.73 Å². The number of hydrogen-bond acceptors (Lipinski definition) is 3. The van der Waals surface area contributed by atoms with E-state index in [1.165, 1.54) is 39.1 Å². The van der Waals surface area contributed by atoms with Crippen molar-refractivity contribution in [3.63, 3.8) is 0 Å². The van der Waals surface area contributed by atoms with E-state index in [0.29, 0.717) is 6.04 Å². The molecule has 0 amide bonds. The highest BCUT2D eigenvalue weighted by Crippen LogP contribution is 2.12. The zero-order valence-corrected chi connectivity index (χ0v) is 11.5. The van der Waals surface area contributed by atoms with Gasteiger partial charge in [0.2, 0.25) is 0 Å². The van der Waals surface area contributed by atoms with Gasteiger partial charge in [0, 0.05) is 31.2 Å². The Morgan fingerprint density at radius 1 is 1.31 bits per heavy atom. The summed E-state index contributed by atoms with van der Waals surface area (Å²) < 4.78 is 0. The number of rotatable bonds is 5. The Bertz CT molecular complexity index is 198. The summed E-state index contributed by atoms with van der Waals surface area (Å²) >= 11 is 0. The Balaban J connectivity index is 2.20. The van der Waals surface area contributed by atoms with Gasteiger partial charge in [-0.2, -0.15) is 0 Å². The van der Waals surface area contributed by atoms with Crippen molar-refractivity contribution in [2.75, 3.05) is 32.7 Å². The molecule has 1 saturated heterocycles. The molecular formula is C13H29N3. The van der Waals surface area contributed by atoms with Gasteiger partial charge in [-0.1, -0.05) is 6.92 Å². The SMILES string of the molecule is CCN1CCN(CCCC(C)(C)N)CC1C. The quantitative estimate of drug-likeness (QED) is 0.773. The Kier molecular flexibility index (Phi) is 5.22. The third-order valence-corrected chi connectivity index (χ3v) is 3.55. The summed E-state index contributed by atoms with van der Waals surface area (Å²) in [6, 6.07) is 0.713. The molecule has 2 N–H and O–H groups in total. The minimum absolute atomic E-state index is 0.00312. The molecule has 0 aromatic rings. The molecule has 1 aliphatic heterocycles. The first-order valence-electron chi connectivity index (χ1n) is 6.67. The molecule has 16 heavy (non-hydrogen) atoms. The molecule has 0 spiro atoms. The van der Waals surface area contributed by atoms with E-state index >= 15 is 0 Å². The lowest BCUT2D eigenvalue weighted by Crippen LogP contribution is -2.51. The fraction of sp³-hybridized carbons (Fsp3) is 1.00. The normalized spacial score (nSPS) is 24.9. The third-order valence-electron chi connectivity index (χ3n) is 3.55. The van der Waals surface area contributed by atoms with Gasteiger partial charge in [0.15, 0.2) is 0 Å². The van der Waals surface area contributed by atoms with Gasteiger partial charge in [0.05, 0.1) is 0 Å².